The molecule has 1 aliphatic carbocycles. The van der Waals surface area contributed by atoms with Gasteiger partial charge < -0.3 is 15.0 Å². The van der Waals surface area contributed by atoms with Crippen molar-refractivity contribution in [1.29, 1.82) is 0 Å². The Morgan fingerprint density at radius 2 is 1.95 bits per heavy atom. The summed E-state index contributed by atoms with van der Waals surface area (Å²) in [7, 11) is 2.19. The van der Waals surface area contributed by atoms with E-state index in [4.69, 9.17) is 4.74 Å². The van der Waals surface area contributed by atoms with Gasteiger partial charge in [-0.25, -0.2) is 0 Å². The van der Waals surface area contributed by atoms with Crippen molar-refractivity contribution in [3.63, 3.8) is 0 Å². The maximum atomic E-state index is 6.03. The van der Waals surface area contributed by atoms with E-state index in [0.717, 1.165) is 19.2 Å². The van der Waals surface area contributed by atoms with Crippen LogP contribution in [0.5, 0.6) is 0 Å². The van der Waals surface area contributed by atoms with Gasteiger partial charge in [0.25, 0.3) is 0 Å². The van der Waals surface area contributed by atoms with E-state index in [1.54, 1.807) is 0 Å². The standard InChI is InChI=1S/C15H24N2OS/c1-17-8-6-13(7-9-17)18-11-15-5-4-14(19-15)10-16-12-2-3-12/h4-5,12-13,16H,2-3,6-11H2,1H3. The van der Waals surface area contributed by atoms with Gasteiger partial charge >= 0.3 is 0 Å². The van der Waals surface area contributed by atoms with Crippen molar-refractivity contribution in [1.82, 2.24) is 10.2 Å². The summed E-state index contributed by atoms with van der Waals surface area (Å²) < 4.78 is 6.03. The smallest absolute Gasteiger partial charge is 0.0813 e. The summed E-state index contributed by atoms with van der Waals surface area (Å²) in [5.41, 5.74) is 0. The second kappa shape index (κ2) is 6.35. The third kappa shape index (κ3) is 4.28. The van der Waals surface area contributed by atoms with Crippen molar-refractivity contribution in [2.45, 2.75) is 51.0 Å². The molecule has 3 rings (SSSR count). The highest BCUT2D eigenvalue weighted by molar-refractivity contribution is 7.11. The molecular weight excluding hydrogens is 256 g/mol. The van der Waals surface area contributed by atoms with Crippen LogP contribution in [-0.2, 0) is 17.9 Å². The van der Waals surface area contributed by atoms with Gasteiger partial charge in [-0.1, -0.05) is 0 Å². The van der Waals surface area contributed by atoms with Crippen LogP contribution in [0.1, 0.15) is 35.4 Å². The molecular formula is C15H24N2OS. The molecule has 0 unspecified atom stereocenters. The molecule has 1 saturated carbocycles. The van der Waals surface area contributed by atoms with Gasteiger partial charge in [0, 0.05) is 35.4 Å². The Morgan fingerprint density at radius 3 is 2.68 bits per heavy atom. The first-order chi connectivity index (χ1) is 9.29. The van der Waals surface area contributed by atoms with E-state index >= 15 is 0 Å². The minimum atomic E-state index is 0.464. The third-order valence-corrected chi connectivity index (χ3v) is 5.05. The van der Waals surface area contributed by atoms with Gasteiger partial charge in [-0.15, -0.1) is 11.3 Å². The lowest BCUT2D eigenvalue weighted by Gasteiger charge is -2.28. The van der Waals surface area contributed by atoms with Crippen LogP contribution in [0, 0.1) is 0 Å². The number of likely N-dealkylation sites (tertiary alicyclic amines) is 1. The van der Waals surface area contributed by atoms with Crippen molar-refractivity contribution < 1.29 is 4.74 Å². The molecule has 1 aliphatic heterocycles. The zero-order valence-electron chi connectivity index (χ0n) is 11.7. The van der Waals surface area contributed by atoms with E-state index in [0.29, 0.717) is 6.10 Å². The first-order valence-corrected chi connectivity index (χ1v) is 8.22. The normalized spacial score (nSPS) is 21.9. The van der Waals surface area contributed by atoms with E-state index in [1.807, 2.05) is 11.3 Å². The van der Waals surface area contributed by atoms with Crippen LogP contribution < -0.4 is 5.32 Å². The highest BCUT2D eigenvalue weighted by Gasteiger charge is 2.20. The lowest BCUT2D eigenvalue weighted by Crippen LogP contribution is -2.34. The number of thiophene rings is 1. The second-order valence-electron chi connectivity index (χ2n) is 5.84. The van der Waals surface area contributed by atoms with Crippen LogP contribution in [0.15, 0.2) is 12.1 Å². The van der Waals surface area contributed by atoms with E-state index < -0.39 is 0 Å². The SMILES string of the molecule is CN1CCC(OCc2ccc(CNC3CC3)s2)CC1. The minimum Gasteiger partial charge on any atom is -0.373 e. The quantitative estimate of drug-likeness (QED) is 0.867. The molecule has 0 amide bonds. The predicted molar refractivity (Wildman–Crippen MR) is 79.5 cm³/mol. The largest absolute Gasteiger partial charge is 0.373 e. The van der Waals surface area contributed by atoms with Gasteiger partial charge in [-0.2, -0.15) is 0 Å². The Labute approximate surface area is 119 Å². The van der Waals surface area contributed by atoms with Gasteiger partial charge in [0.05, 0.1) is 12.7 Å². The number of nitrogens with zero attached hydrogens (tertiary/aromatic N) is 1. The number of nitrogens with one attached hydrogen (secondary N) is 1. The fourth-order valence-corrected chi connectivity index (χ4v) is 3.37. The maximum absolute atomic E-state index is 6.03. The summed E-state index contributed by atoms with van der Waals surface area (Å²) in [4.78, 5) is 5.19. The molecule has 106 valence electrons. The molecule has 1 N–H and O–H groups in total. The summed E-state index contributed by atoms with van der Waals surface area (Å²) in [6.45, 7) is 4.17. The Morgan fingerprint density at radius 1 is 1.21 bits per heavy atom. The lowest BCUT2D eigenvalue weighted by molar-refractivity contribution is 0.00331. The Hall–Kier alpha value is -0.420. The molecule has 1 saturated heterocycles. The van der Waals surface area contributed by atoms with E-state index in [1.165, 1.54) is 48.5 Å². The van der Waals surface area contributed by atoms with Gasteiger partial charge in [0.15, 0.2) is 0 Å². The van der Waals surface area contributed by atoms with E-state index in [2.05, 4.69) is 29.4 Å². The Bertz CT molecular complexity index is 395. The summed E-state index contributed by atoms with van der Waals surface area (Å²) in [6.07, 6.45) is 5.54. The van der Waals surface area contributed by atoms with Crippen LogP contribution in [-0.4, -0.2) is 37.2 Å². The van der Waals surface area contributed by atoms with Crippen LogP contribution in [0.25, 0.3) is 0 Å². The molecule has 2 heterocycles. The minimum absolute atomic E-state index is 0.464. The van der Waals surface area contributed by atoms with Crippen LogP contribution in [0.3, 0.4) is 0 Å². The number of hydrogen-bond acceptors (Lipinski definition) is 4. The van der Waals surface area contributed by atoms with Gasteiger partial charge in [0.1, 0.15) is 0 Å². The number of ether oxygens (including phenoxy) is 1. The van der Waals surface area contributed by atoms with Crippen molar-refractivity contribution in [3.05, 3.63) is 21.9 Å². The molecule has 0 bridgehead atoms. The molecule has 1 aromatic heterocycles. The molecule has 19 heavy (non-hydrogen) atoms. The van der Waals surface area contributed by atoms with Crippen molar-refractivity contribution in [3.8, 4) is 0 Å². The van der Waals surface area contributed by atoms with E-state index in [9.17, 15) is 0 Å². The third-order valence-electron chi connectivity index (χ3n) is 3.99. The monoisotopic (exact) mass is 280 g/mol. The summed E-state index contributed by atoms with van der Waals surface area (Å²) in [6, 6.07) is 5.26. The number of rotatable bonds is 6. The average Bonchev–Trinajstić information content (AvgIpc) is 3.15. The highest BCUT2D eigenvalue weighted by atomic mass is 32.1. The number of piperidine rings is 1. The zero-order chi connectivity index (χ0) is 13.1. The molecule has 2 fully saturated rings. The maximum Gasteiger partial charge on any atom is 0.0813 e. The molecule has 3 nitrogen and oxygen atoms in total. The second-order valence-corrected chi connectivity index (χ2v) is 7.09. The van der Waals surface area contributed by atoms with Crippen molar-refractivity contribution in [2.75, 3.05) is 20.1 Å². The summed E-state index contributed by atoms with van der Waals surface area (Å²) in [5, 5.41) is 3.56. The average molecular weight is 280 g/mol. The number of hydrogen-bond donors (Lipinski definition) is 1. The van der Waals surface area contributed by atoms with Crippen LogP contribution >= 0.6 is 11.3 Å². The fraction of sp³-hybridized carbons (Fsp3) is 0.733. The predicted octanol–water partition coefficient (Wildman–Crippen LogP) is 2.61. The zero-order valence-corrected chi connectivity index (χ0v) is 12.5. The van der Waals surface area contributed by atoms with E-state index in [-0.39, 0.29) is 0 Å². The van der Waals surface area contributed by atoms with Gasteiger partial charge in [0.2, 0.25) is 0 Å². The Kier molecular flexibility index (Phi) is 4.53. The first kappa shape index (κ1) is 13.6. The molecule has 0 atom stereocenters. The summed E-state index contributed by atoms with van der Waals surface area (Å²) in [5.74, 6) is 0. The molecule has 0 radical (unpaired) electrons. The van der Waals surface area contributed by atoms with Crippen LogP contribution in [0.2, 0.25) is 0 Å². The highest BCUT2D eigenvalue weighted by Crippen LogP contribution is 2.23. The van der Waals surface area contributed by atoms with Crippen molar-refractivity contribution >= 4 is 11.3 Å². The van der Waals surface area contributed by atoms with Gasteiger partial charge in [-0.3, -0.25) is 0 Å². The van der Waals surface area contributed by atoms with Gasteiger partial charge in [-0.05, 0) is 44.9 Å². The lowest BCUT2D eigenvalue weighted by atomic mass is 10.1. The van der Waals surface area contributed by atoms with Crippen molar-refractivity contribution in [2.24, 2.45) is 0 Å². The molecule has 0 aromatic carbocycles. The molecule has 0 spiro atoms. The molecule has 1 aromatic rings. The summed E-state index contributed by atoms with van der Waals surface area (Å²) >= 11 is 1.89. The fourth-order valence-electron chi connectivity index (χ4n) is 2.48. The topological polar surface area (TPSA) is 24.5 Å². The Balaban J connectivity index is 1.39. The van der Waals surface area contributed by atoms with Crippen LogP contribution in [0.4, 0.5) is 0 Å². The molecule has 4 heteroatoms. The first-order valence-electron chi connectivity index (χ1n) is 7.41. The molecule has 2 aliphatic rings.